The van der Waals surface area contributed by atoms with Gasteiger partial charge in [-0.15, -0.1) is 10.2 Å². The molecule has 0 unspecified atom stereocenters. The summed E-state index contributed by atoms with van der Waals surface area (Å²) in [5.74, 6) is -0.272. The normalized spacial score (nSPS) is 13.0. The number of hydrazine groups is 1. The van der Waals surface area contributed by atoms with Gasteiger partial charge in [0, 0.05) is 35.3 Å². The van der Waals surface area contributed by atoms with Crippen molar-refractivity contribution in [3.63, 3.8) is 0 Å². The fourth-order valence-corrected chi connectivity index (χ4v) is 3.91. The van der Waals surface area contributed by atoms with Crippen LogP contribution in [0.25, 0.3) is 11.4 Å². The smallest absolute Gasteiger partial charge is 0.269 e. The third-order valence-corrected chi connectivity index (χ3v) is 5.83. The molecule has 1 aromatic heterocycles. The van der Waals surface area contributed by atoms with E-state index in [-0.39, 0.29) is 5.91 Å². The highest BCUT2D eigenvalue weighted by molar-refractivity contribution is 6.00. The molecule has 0 aliphatic carbocycles. The van der Waals surface area contributed by atoms with E-state index in [1.807, 2.05) is 30.3 Å². The highest BCUT2D eigenvalue weighted by Crippen LogP contribution is 2.21. The summed E-state index contributed by atoms with van der Waals surface area (Å²) >= 11 is 0. The molecule has 2 heterocycles. The Bertz CT molecular complexity index is 1380. The maximum atomic E-state index is 12.5. The second-order valence-corrected chi connectivity index (χ2v) is 8.31. The van der Waals surface area contributed by atoms with Crippen molar-refractivity contribution in [1.29, 1.82) is 0 Å². The molecule has 1 aliphatic rings. The summed E-state index contributed by atoms with van der Waals surface area (Å²) in [6.07, 6.45) is 1.38. The van der Waals surface area contributed by atoms with Crippen LogP contribution in [0, 0.1) is 0 Å². The number of hydrogen-bond acceptors (Lipinski definition) is 6. The van der Waals surface area contributed by atoms with Gasteiger partial charge >= 0.3 is 0 Å². The number of hydrogen-bond donors (Lipinski definition) is 2. The topological polar surface area (TPSA) is 122 Å². The summed E-state index contributed by atoms with van der Waals surface area (Å²) < 4.78 is 0. The van der Waals surface area contributed by atoms with E-state index in [0.29, 0.717) is 36.5 Å². The molecule has 3 aromatic carbocycles. The second kappa shape index (κ2) is 10.2. The number of benzene rings is 3. The van der Waals surface area contributed by atoms with Crippen molar-refractivity contribution >= 4 is 23.4 Å². The number of nitrogens with one attached hydrogen (secondary N) is 2. The van der Waals surface area contributed by atoms with Crippen LogP contribution in [0.15, 0.2) is 78.9 Å². The zero-order valence-corrected chi connectivity index (χ0v) is 19.3. The molecule has 10 heteroatoms. The molecule has 180 valence electrons. The monoisotopic (exact) mass is 481 g/mol. The predicted molar refractivity (Wildman–Crippen MR) is 132 cm³/mol. The first kappa shape index (κ1) is 22.9. The summed E-state index contributed by atoms with van der Waals surface area (Å²) in [5.41, 5.74) is 8.13. The molecule has 1 fully saturated rings. The molecule has 3 amide bonds. The molecule has 10 nitrogen and oxygen atoms in total. The van der Waals surface area contributed by atoms with E-state index in [2.05, 4.69) is 26.3 Å². The lowest BCUT2D eigenvalue weighted by Gasteiger charge is -2.15. The van der Waals surface area contributed by atoms with Gasteiger partial charge in [0.15, 0.2) is 0 Å². The van der Waals surface area contributed by atoms with Gasteiger partial charge in [0.05, 0.1) is 6.54 Å². The second-order valence-electron chi connectivity index (χ2n) is 8.31. The summed E-state index contributed by atoms with van der Waals surface area (Å²) in [5, 5.41) is 12.6. The number of aromatic nitrogens is 4. The molecular formula is C26H23N7O3. The number of anilines is 1. The number of rotatable bonds is 6. The third kappa shape index (κ3) is 5.12. The Morgan fingerprint density at radius 1 is 0.833 bits per heavy atom. The van der Waals surface area contributed by atoms with Crippen LogP contribution in [0.4, 0.5) is 5.69 Å². The van der Waals surface area contributed by atoms with Gasteiger partial charge in [-0.25, -0.2) is 0 Å². The van der Waals surface area contributed by atoms with Crippen molar-refractivity contribution in [2.75, 3.05) is 11.4 Å². The van der Waals surface area contributed by atoms with Crippen LogP contribution in [-0.2, 0) is 11.3 Å². The quantitative estimate of drug-likeness (QED) is 0.408. The van der Waals surface area contributed by atoms with Gasteiger partial charge in [-0.3, -0.25) is 25.2 Å². The van der Waals surface area contributed by atoms with Gasteiger partial charge in [-0.1, -0.05) is 42.5 Å². The van der Waals surface area contributed by atoms with Gasteiger partial charge in [-0.05, 0) is 53.6 Å². The molecule has 4 aromatic rings. The van der Waals surface area contributed by atoms with E-state index in [1.54, 1.807) is 53.4 Å². The molecule has 0 atom stereocenters. The molecule has 36 heavy (non-hydrogen) atoms. The molecular weight excluding hydrogens is 458 g/mol. The van der Waals surface area contributed by atoms with Crippen molar-refractivity contribution < 1.29 is 14.4 Å². The minimum absolute atomic E-state index is 0.0833. The standard InChI is InChI=1S/C26H23N7O3/c34-23-7-4-16-32(23)22-14-12-21(13-15-22)26(36)29-28-25(35)20-10-8-18(9-11-20)17-33-30-24(27-31-33)19-5-2-1-3-6-19/h1-3,5-6,8-15H,4,7,16-17H2,(H,28,35)(H,29,36). The van der Waals surface area contributed by atoms with Gasteiger partial charge in [0.25, 0.3) is 11.8 Å². The Kier molecular flexibility index (Phi) is 6.48. The molecule has 1 aliphatic heterocycles. The van der Waals surface area contributed by atoms with Crippen molar-refractivity contribution in [2.45, 2.75) is 19.4 Å². The van der Waals surface area contributed by atoms with Gasteiger partial charge in [0.2, 0.25) is 11.7 Å². The Labute approximate surface area is 206 Å². The van der Waals surface area contributed by atoms with Crippen molar-refractivity contribution in [3.8, 4) is 11.4 Å². The fraction of sp³-hybridized carbons (Fsp3) is 0.154. The zero-order valence-electron chi connectivity index (χ0n) is 19.3. The van der Waals surface area contributed by atoms with E-state index < -0.39 is 11.8 Å². The lowest BCUT2D eigenvalue weighted by atomic mass is 10.1. The van der Waals surface area contributed by atoms with E-state index in [4.69, 9.17) is 0 Å². The Hall–Kier alpha value is -4.86. The van der Waals surface area contributed by atoms with Crippen LogP contribution < -0.4 is 15.8 Å². The molecule has 0 saturated carbocycles. The minimum Gasteiger partial charge on any atom is -0.312 e. The summed E-state index contributed by atoms with van der Waals surface area (Å²) in [7, 11) is 0. The largest absolute Gasteiger partial charge is 0.312 e. The lowest BCUT2D eigenvalue weighted by molar-refractivity contribution is -0.117. The minimum atomic E-state index is -0.453. The first-order valence-corrected chi connectivity index (χ1v) is 11.5. The summed E-state index contributed by atoms with van der Waals surface area (Å²) in [6.45, 7) is 1.08. The van der Waals surface area contributed by atoms with Gasteiger partial charge in [0.1, 0.15) is 0 Å². The van der Waals surface area contributed by atoms with Crippen LogP contribution in [-0.4, -0.2) is 44.5 Å². The average Bonchev–Trinajstić information content (AvgIpc) is 3.57. The average molecular weight is 482 g/mol. The van der Waals surface area contributed by atoms with Crippen LogP contribution in [0.2, 0.25) is 0 Å². The van der Waals surface area contributed by atoms with Crippen molar-refractivity contribution in [2.24, 2.45) is 0 Å². The number of carbonyl (C=O) groups is 3. The number of carbonyl (C=O) groups excluding carboxylic acids is 3. The molecule has 5 rings (SSSR count). The van der Waals surface area contributed by atoms with Crippen LogP contribution in [0.3, 0.4) is 0 Å². The Morgan fingerprint density at radius 3 is 2.08 bits per heavy atom. The van der Waals surface area contributed by atoms with Crippen molar-refractivity contribution in [1.82, 2.24) is 31.1 Å². The Balaban J connectivity index is 1.14. The van der Waals surface area contributed by atoms with E-state index in [1.165, 1.54) is 4.80 Å². The van der Waals surface area contributed by atoms with E-state index in [0.717, 1.165) is 23.2 Å². The molecule has 0 bridgehead atoms. The van der Waals surface area contributed by atoms with Crippen molar-refractivity contribution in [3.05, 3.63) is 95.6 Å². The maximum Gasteiger partial charge on any atom is 0.269 e. The third-order valence-electron chi connectivity index (χ3n) is 5.83. The molecule has 2 N–H and O–H groups in total. The van der Waals surface area contributed by atoms with E-state index in [9.17, 15) is 14.4 Å². The first-order valence-electron chi connectivity index (χ1n) is 11.5. The highest BCUT2D eigenvalue weighted by atomic mass is 16.2. The van der Waals surface area contributed by atoms with Crippen LogP contribution in [0.1, 0.15) is 39.1 Å². The van der Waals surface area contributed by atoms with Crippen LogP contribution in [0.5, 0.6) is 0 Å². The summed E-state index contributed by atoms with van der Waals surface area (Å²) in [4.78, 5) is 39.9. The SMILES string of the molecule is O=C(NNC(=O)c1ccc(N2CCCC2=O)cc1)c1ccc(Cn2nnc(-c3ccccc3)n2)cc1. The molecule has 0 radical (unpaired) electrons. The summed E-state index contributed by atoms with van der Waals surface area (Å²) in [6, 6.07) is 23.2. The van der Waals surface area contributed by atoms with E-state index >= 15 is 0 Å². The predicted octanol–water partition coefficient (Wildman–Crippen LogP) is 2.59. The maximum absolute atomic E-state index is 12.5. The Morgan fingerprint density at radius 2 is 1.47 bits per heavy atom. The lowest BCUT2D eigenvalue weighted by Crippen LogP contribution is -2.41. The van der Waals surface area contributed by atoms with Gasteiger partial charge < -0.3 is 4.90 Å². The highest BCUT2D eigenvalue weighted by Gasteiger charge is 2.21. The van der Waals surface area contributed by atoms with Gasteiger partial charge in [-0.2, -0.15) is 4.80 Å². The first-order chi connectivity index (χ1) is 17.6. The molecule has 1 saturated heterocycles. The van der Waals surface area contributed by atoms with Crippen LogP contribution >= 0.6 is 0 Å². The number of nitrogens with zero attached hydrogens (tertiary/aromatic N) is 5. The fourth-order valence-electron chi connectivity index (χ4n) is 3.91. The zero-order chi connectivity index (χ0) is 24.9. The number of amides is 3. The number of tetrazole rings is 1. The molecule has 0 spiro atoms.